The van der Waals surface area contributed by atoms with Gasteiger partial charge in [0.15, 0.2) is 0 Å². The Bertz CT molecular complexity index is 597. The maximum Gasteiger partial charge on any atom is 0.317 e. The van der Waals surface area contributed by atoms with Crippen LogP contribution >= 0.6 is 0 Å². The topological polar surface area (TPSA) is 72.3 Å². The Kier molecular flexibility index (Phi) is 6.10. The SMILES string of the molecule is CCOCCNC(=O)N(C)[C@@H](C)c1ccc(-n2cncn2)cc1. The van der Waals surface area contributed by atoms with Gasteiger partial charge in [0.25, 0.3) is 0 Å². The predicted octanol–water partition coefficient (Wildman–Crippen LogP) is 2.01. The van der Waals surface area contributed by atoms with E-state index in [0.29, 0.717) is 19.8 Å². The number of hydrogen-bond donors (Lipinski definition) is 1. The molecule has 0 saturated carbocycles. The maximum atomic E-state index is 12.1. The maximum absolute atomic E-state index is 12.1. The number of nitrogens with one attached hydrogen (secondary N) is 1. The molecule has 2 rings (SSSR count). The molecule has 0 aliphatic heterocycles. The first-order chi connectivity index (χ1) is 11.1. The average Bonchev–Trinajstić information content (AvgIpc) is 3.12. The predicted molar refractivity (Wildman–Crippen MR) is 87.4 cm³/mol. The van der Waals surface area contributed by atoms with Crippen molar-refractivity contribution in [1.82, 2.24) is 25.0 Å². The Hall–Kier alpha value is -2.41. The van der Waals surface area contributed by atoms with Crippen molar-refractivity contribution in [2.45, 2.75) is 19.9 Å². The molecule has 0 radical (unpaired) electrons. The number of ether oxygens (including phenoxy) is 1. The van der Waals surface area contributed by atoms with E-state index in [-0.39, 0.29) is 12.1 Å². The number of hydrogen-bond acceptors (Lipinski definition) is 4. The van der Waals surface area contributed by atoms with Crippen LogP contribution in [0.25, 0.3) is 5.69 Å². The van der Waals surface area contributed by atoms with Crippen molar-refractivity contribution in [1.29, 1.82) is 0 Å². The standard InChI is InChI=1S/C16H23N5O2/c1-4-23-10-9-18-16(22)20(3)13(2)14-5-7-15(8-6-14)21-12-17-11-19-21/h5-8,11-13H,4,9-10H2,1-3H3,(H,18,22)/t13-/m0/s1. The summed E-state index contributed by atoms with van der Waals surface area (Å²) in [6, 6.07) is 7.75. The minimum Gasteiger partial charge on any atom is -0.380 e. The number of rotatable bonds is 7. The summed E-state index contributed by atoms with van der Waals surface area (Å²) in [5.41, 5.74) is 1.98. The molecule has 124 valence electrons. The van der Waals surface area contributed by atoms with Crippen LogP contribution in [0.1, 0.15) is 25.5 Å². The molecule has 2 aromatic rings. The largest absolute Gasteiger partial charge is 0.380 e. The third kappa shape index (κ3) is 4.53. The van der Waals surface area contributed by atoms with E-state index in [9.17, 15) is 4.79 Å². The fourth-order valence-corrected chi connectivity index (χ4v) is 2.15. The lowest BCUT2D eigenvalue weighted by Gasteiger charge is -2.25. The van der Waals surface area contributed by atoms with Gasteiger partial charge in [-0.2, -0.15) is 5.10 Å². The average molecular weight is 317 g/mol. The number of nitrogens with zero attached hydrogens (tertiary/aromatic N) is 4. The van der Waals surface area contributed by atoms with Gasteiger partial charge < -0.3 is 15.0 Å². The van der Waals surface area contributed by atoms with Gasteiger partial charge in [0.05, 0.1) is 18.3 Å². The molecule has 2 amide bonds. The van der Waals surface area contributed by atoms with Crippen LogP contribution in [0.15, 0.2) is 36.9 Å². The highest BCUT2D eigenvalue weighted by Crippen LogP contribution is 2.20. The van der Waals surface area contributed by atoms with Crippen LogP contribution in [0, 0.1) is 0 Å². The van der Waals surface area contributed by atoms with Gasteiger partial charge in [-0.1, -0.05) is 12.1 Å². The van der Waals surface area contributed by atoms with E-state index in [1.807, 2.05) is 38.1 Å². The highest BCUT2D eigenvalue weighted by atomic mass is 16.5. The molecule has 23 heavy (non-hydrogen) atoms. The zero-order valence-corrected chi connectivity index (χ0v) is 13.8. The number of carbonyl (C=O) groups excluding carboxylic acids is 1. The van der Waals surface area contributed by atoms with Crippen LogP contribution in [0.5, 0.6) is 0 Å². The monoisotopic (exact) mass is 317 g/mol. The fourth-order valence-electron chi connectivity index (χ4n) is 2.15. The van der Waals surface area contributed by atoms with Crippen molar-refractivity contribution < 1.29 is 9.53 Å². The van der Waals surface area contributed by atoms with Crippen LogP contribution in [-0.4, -0.2) is 52.5 Å². The van der Waals surface area contributed by atoms with Crippen LogP contribution in [0.2, 0.25) is 0 Å². The van der Waals surface area contributed by atoms with Gasteiger partial charge in [-0.15, -0.1) is 0 Å². The zero-order chi connectivity index (χ0) is 16.7. The van der Waals surface area contributed by atoms with Crippen molar-refractivity contribution in [3.8, 4) is 5.69 Å². The number of aromatic nitrogens is 3. The van der Waals surface area contributed by atoms with Crippen LogP contribution in [0.3, 0.4) is 0 Å². The summed E-state index contributed by atoms with van der Waals surface area (Å²) in [6.07, 6.45) is 3.15. The quantitative estimate of drug-likeness (QED) is 0.793. The molecular formula is C16H23N5O2. The van der Waals surface area contributed by atoms with Gasteiger partial charge >= 0.3 is 6.03 Å². The van der Waals surface area contributed by atoms with E-state index >= 15 is 0 Å². The Balaban J connectivity index is 1.93. The van der Waals surface area contributed by atoms with Crippen LogP contribution < -0.4 is 5.32 Å². The number of amides is 2. The van der Waals surface area contributed by atoms with Crippen molar-refractivity contribution >= 4 is 6.03 Å². The summed E-state index contributed by atoms with van der Waals surface area (Å²) in [5, 5.41) is 6.93. The normalized spacial score (nSPS) is 12.0. The lowest BCUT2D eigenvalue weighted by molar-refractivity contribution is 0.145. The molecule has 0 fully saturated rings. The Morgan fingerprint density at radius 3 is 2.74 bits per heavy atom. The van der Waals surface area contributed by atoms with E-state index in [4.69, 9.17) is 4.74 Å². The number of benzene rings is 1. The lowest BCUT2D eigenvalue weighted by atomic mass is 10.1. The first kappa shape index (κ1) is 17.0. The van der Waals surface area contributed by atoms with Crippen molar-refractivity contribution in [3.05, 3.63) is 42.5 Å². The number of carbonyl (C=O) groups is 1. The molecule has 1 aromatic carbocycles. The molecule has 0 unspecified atom stereocenters. The molecule has 0 saturated heterocycles. The second-order valence-electron chi connectivity index (χ2n) is 5.15. The molecule has 1 atom stereocenters. The second kappa shape index (κ2) is 8.28. The molecule has 1 heterocycles. The minimum atomic E-state index is -0.113. The summed E-state index contributed by atoms with van der Waals surface area (Å²) in [5.74, 6) is 0. The van der Waals surface area contributed by atoms with E-state index in [0.717, 1.165) is 11.3 Å². The van der Waals surface area contributed by atoms with Crippen molar-refractivity contribution in [3.63, 3.8) is 0 Å². The lowest BCUT2D eigenvalue weighted by Crippen LogP contribution is -2.40. The van der Waals surface area contributed by atoms with Gasteiger partial charge in [0, 0.05) is 20.2 Å². The van der Waals surface area contributed by atoms with E-state index in [1.165, 1.54) is 6.33 Å². The van der Waals surface area contributed by atoms with Crippen molar-refractivity contribution in [2.24, 2.45) is 0 Å². The molecule has 0 spiro atoms. The molecule has 0 bridgehead atoms. The molecule has 7 heteroatoms. The van der Waals surface area contributed by atoms with Gasteiger partial charge in [-0.3, -0.25) is 0 Å². The summed E-state index contributed by atoms with van der Waals surface area (Å²) < 4.78 is 6.90. The molecule has 0 aliphatic carbocycles. The molecular weight excluding hydrogens is 294 g/mol. The Morgan fingerprint density at radius 1 is 1.39 bits per heavy atom. The molecule has 1 aromatic heterocycles. The Morgan fingerprint density at radius 2 is 2.13 bits per heavy atom. The zero-order valence-electron chi connectivity index (χ0n) is 13.8. The molecule has 0 aliphatic rings. The van der Waals surface area contributed by atoms with Crippen LogP contribution in [-0.2, 0) is 4.74 Å². The van der Waals surface area contributed by atoms with Gasteiger partial charge in [-0.25, -0.2) is 14.5 Å². The van der Waals surface area contributed by atoms with Gasteiger partial charge in [0.2, 0.25) is 0 Å². The second-order valence-corrected chi connectivity index (χ2v) is 5.15. The smallest absolute Gasteiger partial charge is 0.317 e. The van der Waals surface area contributed by atoms with Gasteiger partial charge in [0.1, 0.15) is 12.7 Å². The summed E-state index contributed by atoms with van der Waals surface area (Å²) >= 11 is 0. The Labute approximate surface area is 136 Å². The third-order valence-electron chi connectivity index (χ3n) is 3.69. The summed E-state index contributed by atoms with van der Waals surface area (Å²) in [4.78, 5) is 17.7. The van der Waals surface area contributed by atoms with Gasteiger partial charge in [-0.05, 0) is 31.5 Å². The fraction of sp³-hybridized carbons (Fsp3) is 0.438. The van der Waals surface area contributed by atoms with E-state index < -0.39 is 0 Å². The first-order valence-corrected chi connectivity index (χ1v) is 7.66. The first-order valence-electron chi connectivity index (χ1n) is 7.66. The highest BCUT2D eigenvalue weighted by Gasteiger charge is 2.17. The third-order valence-corrected chi connectivity index (χ3v) is 3.69. The summed E-state index contributed by atoms with van der Waals surface area (Å²) in [7, 11) is 1.78. The van der Waals surface area contributed by atoms with E-state index in [2.05, 4.69) is 15.4 Å². The number of urea groups is 1. The van der Waals surface area contributed by atoms with Crippen LogP contribution in [0.4, 0.5) is 4.79 Å². The summed E-state index contributed by atoms with van der Waals surface area (Å²) in [6.45, 7) is 5.61. The molecule has 1 N–H and O–H groups in total. The van der Waals surface area contributed by atoms with E-state index in [1.54, 1.807) is 23.0 Å². The highest BCUT2D eigenvalue weighted by molar-refractivity contribution is 5.74. The molecule has 7 nitrogen and oxygen atoms in total. The minimum absolute atomic E-state index is 0.0353. The van der Waals surface area contributed by atoms with Crippen molar-refractivity contribution in [2.75, 3.05) is 26.8 Å².